The molecule has 1 aromatic heterocycles. The fraction of sp³-hybridized carbons (Fsp3) is 0.433. The first-order valence-corrected chi connectivity index (χ1v) is 11.5. The van der Waals surface area contributed by atoms with Gasteiger partial charge < -0.3 is 5.73 Å². The second-order valence-electron chi connectivity index (χ2n) is 9.51. The number of terminal acetylenes is 1. The number of rotatable bonds is 2. The highest BCUT2D eigenvalue weighted by molar-refractivity contribution is 5.67. The average Bonchev–Trinajstić information content (AvgIpc) is 3.02. The lowest BCUT2D eigenvalue weighted by atomic mass is 9.59. The van der Waals surface area contributed by atoms with Gasteiger partial charge in [-0.3, -0.25) is 4.98 Å². The predicted octanol–water partition coefficient (Wildman–Crippen LogP) is 6.67. The van der Waals surface area contributed by atoms with Crippen molar-refractivity contribution < 1.29 is 0 Å². The van der Waals surface area contributed by atoms with Crippen molar-refractivity contribution in [3.05, 3.63) is 65.5 Å². The van der Waals surface area contributed by atoms with Gasteiger partial charge in [-0.05, 0) is 66.7 Å². The van der Waals surface area contributed by atoms with Crippen LogP contribution in [-0.2, 0) is 11.8 Å². The van der Waals surface area contributed by atoms with Gasteiger partial charge in [0.2, 0.25) is 0 Å². The quantitative estimate of drug-likeness (QED) is 0.430. The van der Waals surface area contributed by atoms with Gasteiger partial charge in [-0.1, -0.05) is 69.4 Å². The van der Waals surface area contributed by atoms with E-state index in [1.165, 1.54) is 49.7 Å². The maximum absolute atomic E-state index is 5.07. The van der Waals surface area contributed by atoms with Crippen LogP contribution in [0.4, 0.5) is 0 Å². The van der Waals surface area contributed by atoms with E-state index in [9.17, 15) is 0 Å². The zero-order valence-corrected chi connectivity index (χ0v) is 20.3. The minimum atomic E-state index is 0.257. The molecule has 0 radical (unpaired) electrons. The van der Waals surface area contributed by atoms with Crippen LogP contribution < -0.4 is 5.73 Å². The normalized spacial score (nSPS) is 16.8. The lowest BCUT2D eigenvalue weighted by molar-refractivity contribution is 0.105. The van der Waals surface area contributed by atoms with Crippen molar-refractivity contribution in [2.45, 2.75) is 71.6 Å². The summed E-state index contributed by atoms with van der Waals surface area (Å²) in [6.45, 7) is 12.9. The molecular weight excluding hydrogens is 388 g/mol. The van der Waals surface area contributed by atoms with Gasteiger partial charge in [-0.15, -0.1) is 18.8 Å². The maximum Gasteiger partial charge on any atom is 0.0434 e. The van der Waals surface area contributed by atoms with Crippen molar-refractivity contribution >= 4 is 0 Å². The van der Waals surface area contributed by atoms with Gasteiger partial charge in [0.15, 0.2) is 0 Å². The number of aromatic nitrogens is 1. The zero-order valence-electron chi connectivity index (χ0n) is 20.3. The van der Waals surface area contributed by atoms with Gasteiger partial charge in [0.25, 0.3) is 0 Å². The molecule has 0 saturated heterocycles. The second kappa shape index (κ2) is 11.2. The van der Waals surface area contributed by atoms with Crippen LogP contribution in [0, 0.1) is 30.1 Å². The Morgan fingerprint density at radius 3 is 2.34 bits per heavy atom. The Labute approximate surface area is 195 Å². The van der Waals surface area contributed by atoms with Gasteiger partial charge in [0.05, 0.1) is 0 Å². The molecule has 2 heteroatoms. The molecule has 2 N–H and O–H groups in total. The third-order valence-electron chi connectivity index (χ3n) is 7.14. The highest BCUT2D eigenvalue weighted by Gasteiger charge is 2.51. The number of nitrogens with two attached hydrogens (primary N) is 1. The van der Waals surface area contributed by atoms with E-state index in [1.807, 2.05) is 26.2 Å². The van der Waals surface area contributed by atoms with Crippen LogP contribution >= 0.6 is 0 Å². The highest BCUT2D eigenvalue weighted by atomic mass is 14.6. The van der Waals surface area contributed by atoms with Crippen LogP contribution in [-0.4, -0.2) is 11.5 Å². The van der Waals surface area contributed by atoms with E-state index >= 15 is 0 Å². The molecule has 1 spiro atoms. The molecule has 2 aromatic rings. The van der Waals surface area contributed by atoms with Crippen molar-refractivity contribution in [2.24, 2.45) is 11.1 Å². The molecule has 0 atom stereocenters. The van der Waals surface area contributed by atoms with Crippen LogP contribution in [0.5, 0.6) is 0 Å². The summed E-state index contributed by atoms with van der Waals surface area (Å²) < 4.78 is 0. The number of hydrogen-bond acceptors (Lipinski definition) is 2. The summed E-state index contributed by atoms with van der Waals surface area (Å²) in [5, 5.41) is 0. The first-order chi connectivity index (χ1) is 15.3. The van der Waals surface area contributed by atoms with E-state index in [1.54, 1.807) is 11.1 Å². The van der Waals surface area contributed by atoms with E-state index in [4.69, 9.17) is 5.73 Å². The maximum atomic E-state index is 5.07. The fourth-order valence-corrected chi connectivity index (χ4v) is 5.20. The molecule has 1 aromatic carbocycles. The third-order valence-corrected chi connectivity index (χ3v) is 7.14. The van der Waals surface area contributed by atoms with E-state index < -0.39 is 0 Å². The number of pyridine rings is 1. The molecule has 4 rings (SSSR count). The van der Waals surface area contributed by atoms with Gasteiger partial charge in [-0.25, -0.2) is 0 Å². The summed E-state index contributed by atoms with van der Waals surface area (Å²) >= 11 is 0. The Morgan fingerprint density at radius 2 is 1.75 bits per heavy atom. The minimum Gasteiger partial charge on any atom is -0.327 e. The number of fused-ring (bicyclic) bond motifs is 1. The van der Waals surface area contributed by atoms with Crippen LogP contribution in [0.3, 0.4) is 0 Å². The van der Waals surface area contributed by atoms with Gasteiger partial charge >= 0.3 is 0 Å². The Kier molecular flexibility index (Phi) is 8.89. The topological polar surface area (TPSA) is 38.9 Å². The summed E-state index contributed by atoms with van der Waals surface area (Å²) in [6.07, 6.45) is 20.0. The molecule has 1 heterocycles. The standard InChI is InChI=1S/C24H27N.C4H9N.C2H2/c1-4-8-18-13-21(17-25-16-18)19-9-10-20-15-24(11-6-5-7-12-24)23(2,3)22(20)14-19;1-4(2)3-5;1-2/h9-10,13-14,16-17H,5-7,11-12,15H2,1-3H3;1,3,5H2,2H3;1-2H. The van der Waals surface area contributed by atoms with Crippen molar-refractivity contribution in [1.29, 1.82) is 0 Å². The first kappa shape index (κ1) is 25.5. The Morgan fingerprint density at radius 1 is 1.09 bits per heavy atom. The number of hydrogen-bond donors (Lipinski definition) is 1. The molecule has 2 aliphatic rings. The molecule has 0 unspecified atom stereocenters. The third kappa shape index (κ3) is 5.32. The fourth-order valence-electron chi connectivity index (χ4n) is 5.20. The summed E-state index contributed by atoms with van der Waals surface area (Å²) in [5.41, 5.74) is 13.4. The highest BCUT2D eigenvalue weighted by Crippen LogP contribution is 2.58. The SMILES string of the molecule is C#C.C=C(C)CN.CC#Cc1cncc(-c2ccc3c(c2)C(C)(C)C2(CCCCC2)C3)c1. The molecule has 0 bridgehead atoms. The Bertz CT molecular complexity index is 1010. The van der Waals surface area contributed by atoms with E-state index in [0.29, 0.717) is 12.0 Å². The first-order valence-electron chi connectivity index (χ1n) is 11.5. The smallest absolute Gasteiger partial charge is 0.0434 e. The molecular formula is C30H38N2. The lowest BCUT2D eigenvalue weighted by Gasteiger charge is -2.45. The summed E-state index contributed by atoms with van der Waals surface area (Å²) in [6, 6.07) is 9.23. The van der Waals surface area contributed by atoms with E-state index in [2.05, 4.69) is 74.4 Å². The summed E-state index contributed by atoms with van der Waals surface area (Å²) in [4.78, 5) is 4.39. The van der Waals surface area contributed by atoms with Crippen LogP contribution in [0.2, 0.25) is 0 Å². The van der Waals surface area contributed by atoms with Crippen LogP contribution in [0.15, 0.2) is 48.8 Å². The molecule has 1 saturated carbocycles. The molecule has 0 amide bonds. The molecule has 168 valence electrons. The van der Waals surface area contributed by atoms with Crippen LogP contribution in [0.25, 0.3) is 11.1 Å². The minimum absolute atomic E-state index is 0.257. The zero-order chi connectivity index (χ0) is 23.8. The Hall–Kier alpha value is -2.81. The summed E-state index contributed by atoms with van der Waals surface area (Å²) in [7, 11) is 0. The average molecular weight is 427 g/mol. The molecule has 2 nitrogen and oxygen atoms in total. The molecule has 0 aliphatic heterocycles. The van der Waals surface area contributed by atoms with Gasteiger partial charge in [-0.2, -0.15) is 0 Å². The van der Waals surface area contributed by atoms with E-state index in [0.717, 1.165) is 11.1 Å². The van der Waals surface area contributed by atoms with Crippen molar-refractivity contribution in [2.75, 3.05) is 6.54 Å². The van der Waals surface area contributed by atoms with Crippen molar-refractivity contribution in [3.8, 4) is 35.8 Å². The largest absolute Gasteiger partial charge is 0.327 e. The number of benzene rings is 1. The predicted molar refractivity (Wildman–Crippen MR) is 138 cm³/mol. The van der Waals surface area contributed by atoms with Gasteiger partial charge in [0, 0.05) is 30.1 Å². The van der Waals surface area contributed by atoms with Crippen molar-refractivity contribution in [1.82, 2.24) is 4.98 Å². The molecule has 32 heavy (non-hydrogen) atoms. The van der Waals surface area contributed by atoms with Crippen molar-refractivity contribution in [3.63, 3.8) is 0 Å². The van der Waals surface area contributed by atoms with Crippen LogP contribution in [0.1, 0.15) is 76.5 Å². The van der Waals surface area contributed by atoms with E-state index in [-0.39, 0.29) is 5.41 Å². The molecule has 1 fully saturated rings. The number of nitrogens with zero attached hydrogens (tertiary/aromatic N) is 1. The van der Waals surface area contributed by atoms with Gasteiger partial charge in [0.1, 0.15) is 0 Å². The Balaban J connectivity index is 0.000000460. The monoisotopic (exact) mass is 426 g/mol. The lowest BCUT2D eigenvalue weighted by Crippen LogP contribution is -2.39. The molecule has 2 aliphatic carbocycles. The second-order valence-corrected chi connectivity index (χ2v) is 9.51. The summed E-state index contributed by atoms with van der Waals surface area (Å²) in [5.74, 6) is 6.09.